The van der Waals surface area contributed by atoms with Gasteiger partial charge in [-0.15, -0.1) is 0 Å². The molecule has 3 heteroatoms. The smallest absolute Gasteiger partial charge is 0.0341 e. The van der Waals surface area contributed by atoms with Crippen molar-refractivity contribution in [1.82, 2.24) is 16.0 Å². The van der Waals surface area contributed by atoms with Gasteiger partial charge >= 0.3 is 0 Å². The van der Waals surface area contributed by atoms with Crippen molar-refractivity contribution in [3.63, 3.8) is 0 Å². The van der Waals surface area contributed by atoms with Crippen molar-refractivity contribution in [2.24, 2.45) is 0 Å². The maximum absolute atomic E-state index is 3.23. The Balaban J connectivity index is 3.56. The summed E-state index contributed by atoms with van der Waals surface area (Å²) in [5.41, 5.74) is 0. The minimum absolute atomic E-state index is 0.509. The molecule has 0 saturated heterocycles. The fraction of sp³-hybridized carbons (Fsp3) is 1.00. The van der Waals surface area contributed by atoms with Gasteiger partial charge in [0.1, 0.15) is 0 Å². The standard InChI is InChI=1S/C7H19N3/c1-6(9-3)7(10-4)5-8-2/h6-10H,5H2,1-4H3. The van der Waals surface area contributed by atoms with Crippen molar-refractivity contribution in [2.45, 2.75) is 19.0 Å². The molecule has 0 amide bonds. The molecule has 0 aliphatic heterocycles. The third-order valence-electron chi connectivity index (χ3n) is 1.85. The zero-order valence-electron chi connectivity index (χ0n) is 7.36. The van der Waals surface area contributed by atoms with E-state index >= 15 is 0 Å². The Labute approximate surface area is 63.6 Å². The lowest BCUT2D eigenvalue weighted by Crippen LogP contribution is -2.48. The third kappa shape index (κ3) is 3.15. The number of hydrogen-bond donors (Lipinski definition) is 3. The summed E-state index contributed by atoms with van der Waals surface area (Å²) in [6, 6.07) is 1.02. The van der Waals surface area contributed by atoms with E-state index in [4.69, 9.17) is 0 Å². The lowest BCUT2D eigenvalue weighted by atomic mass is 10.1. The van der Waals surface area contributed by atoms with Gasteiger partial charge in [-0.3, -0.25) is 0 Å². The van der Waals surface area contributed by atoms with Crippen LogP contribution in [0.25, 0.3) is 0 Å². The monoisotopic (exact) mass is 145 g/mol. The molecule has 2 atom stereocenters. The third-order valence-corrected chi connectivity index (χ3v) is 1.85. The number of nitrogens with one attached hydrogen (secondary N) is 3. The fourth-order valence-electron chi connectivity index (χ4n) is 0.950. The Hall–Kier alpha value is -0.120. The zero-order valence-corrected chi connectivity index (χ0v) is 7.36. The van der Waals surface area contributed by atoms with Gasteiger partial charge in [-0.2, -0.15) is 0 Å². The predicted octanol–water partition coefficient (Wildman–Crippen LogP) is -0.598. The SMILES string of the molecule is CNCC(NC)C(C)NC. The number of rotatable bonds is 5. The van der Waals surface area contributed by atoms with E-state index in [1.165, 1.54) is 0 Å². The van der Waals surface area contributed by atoms with Crippen LogP contribution in [0.4, 0.5) is 0 Å². The first-order valence-electron chi connectivity index (χ1n) is 3.75. The Morgan fingerprint density at radius 3 is 2.00 bits per heavy atom. The summed E-state index contributed by atoms with van der Waals surface area (Å²) in [6.45, 7) is 3.16. The van der Waals surface area contributed by atoms with Crippen molar-refractivity contribution in [3.05, 3.63) is 0 Å². The van der Waals surface area contributed by atoms with E-state index in [-0.39, 0.29) is 0 Å². The molecule has 0 rings (SSSR count). The summed E-state index contributed by atoms with van der Waals surface area (Å²) in [6.07, 6.45) is 0. The van der Waals surface area contributed by atoms with Crippen LogP contribution in [0.2, 0.25) is 0 Å². The molecule has 2 unspecified atom stereocenters. The average molecular weight is 145 g/mol. The molecule has 0 radical (unpaired) electrons. The molecular formula is C7H19N3. The molecular weight excluding hydrogens is 126 g/mol. The maximum Gasteiger partial charge on any atom is 0.0341 e. The highest BCUT2D eigenvalue weighted by Crippen LogP contribution is 1.88. The molecule has 3 nitrogen and oxygen atoms in total. The largest absolute Gasteiger partial charge is 0.318 e. The van der Waals surface area contributed by atoms with Gasteiger partial charge in [0.25, 0.3) is 0 Å². The van der Waals surface area contributed by atoms with E-state index in [9.17, 15) is 0 Å². The van der Waals surface area contributed by atoms with Gasteiger partial charge in [0, 0.05) is 18.6 Å². The van der Waals surface area contributed by atoms with E-state index in [1.807, 2.05) is 21.1 Å². The van der Waals surface area contributed by atoms with Gasteiger partial charge in [-0.05, 0) is 28.1 Å². The molecule has 0 bridgehead atoms. The molecule has 62 valence electrons. The van der Waals surface area contributed by atoms with Crippen molar-refractivity contribution in [3.8, 4) is 0 Å². The Morgan fingerprint density at radius 1 is 1.10 bits per heavy atom. The van der Waals surface area contributed by atoms with Crippen LogP contribution in [0.3, 0.4) is 0 Å². The average Bonchev–Trinajstić information content (AvgIpc) is 1.99. The van der Waals surface area contributed by atoms with E-state index in [0.717, 1.165) is 6.54 Å². The molecule has 0 aromatic rings. The Morgan fingerprint density at radius 2 is 1.70 bits per heavy atom. The summed E-state index contributed by atoms with van der Waals surface area (Å²) in [5.74, 6) is 0. The van der Waals surface area contributed by atoms with Crippen LogP contribution in [0.1, 0.15) is 6.92 Å². The summed E-state index contributed by atoms with van der Waals surface area (Å²) in [5, 5.41) is 9.56. The van der Waals surface area contributed by atoms with Crippen molar-refractivity contribution in [2.75, 3.05) is 27.7 Å². The summed E-state index contributed by atoms with van der Waals surface area (Å²) >= 11 is 0. The second-order valence-electron chi connectivity index (χ2n) is 2.53. The first-order valence-corrected chi connectivity index (χ1v) is 3.75. The molecule has 0 heterocycles. The zero-order chi connectivity index (χ0) is 7.98. The van der Waals surface area contributed by atoms with E-state index in [0.29, 0.717) is 12.1 Å². The normalized spacial score (nSPS) is 16.8. The van der Waals surface area contributed by atoms with Gasteiger partial charge in [0.05, 0.1) is 0 Å². The fourth-order valence-corrected chi connectivity index (χ4v) is 0.950. The highest BCUT2D eigenvalue weighted by molar-refractivity contribution is 4.77. The van der Waals surface area contributed by atoms with Crippen LogP contribution >= 0.6 is 0 Å². The van der Waals surface area contributed by atoms with Crippen LogP contribution in [0, 0.1) is 0 Å². The van der Waals surface area contributed by atoms with Crippen LogP contribution in [0.15, 0.2) is 0 Å². The van der Waals surface area contributed by atoms with Gasteiger partial charge in [-0.1, -0.05) is 0 Å². The second-order valence-corrected chi connectivity index (χ2v) is 2.53. The van der Waals surface area contributed by atoms with Gasteiger partial charge in [0.15, 0.2) is 0 Å². The lowest BCUT2D eigenvalue weighted by molar-refractivity contribution is 0.419. The van der Waals surface area contributed by atoms with Crippen LogP contribution in [-0.2, 0) is 0 Å². The summed E-state index contributed by atoms with van der Waals surface area (Å²) in [4.78, 5) is 0. The molecule has 10 heavy (non-hydrogen) atoms. The molecule has 0 fully saturated rings. The van der Waals surface area contributed by atoms with Crippen LogP contribution in [-0.4, -0.2) is 39.8 Å². The minimum atomic E-state index is 0.509. The first kappa shape index (κ1) is 9.88. The van der Waals surface area contributed by atoms with E-state index < -0.39 is 0 Å². The van der Waals surface area contributed by atoms with Gasteiger partial charge in [-0.25, -0.2) is 0 Å². The van der Waals surface area contributed by atoms with Gasteiger partial charge < -0.3 is 16.0 Å². The minimum Gasteiger partial charge on any atom is -0.318 e. The molecule has 3 N–H and O–H groups in total. The predicted molar refractivity (Wildman–Crippen MR) is 45.3 cm³/mol. The lowest BCUT2D eigenvalue weighted by Gasteiger charge is -2.22. The molecule has 0 spiro atoms. The molecule has 0 aliphatic carbocycles. The summed E-state index contributed by atoms with van der Waals surface area (Å²) < 4.78 is 0. The summed E-state index contributed by atoms with van der Waals surface area (Å²) in [7, 11) is 5.92. The molecule has 0 saturated carbocycles. The Bertz CT molecular complexity index is 75.3. The first-order chi connectivity index (χ1) is 4.76. The molecule has 0 aromatic carbocycles. The molecule has 0 aliphatic rings. The van der Waals surface area contributed by atoms with Crippen molar-refractivity contribution < 1.29 is 0 Å². The van der Waals surface area contributed by atoms with Crippen molar-refractivity contribution >= 4 is 0 Å². The van der Waals surface area contributed by atoms with Gasteiger partial charge in [0.2, 0.25) is 0 Å². The van der Waals surface area contributed by atoms with Crippen molar-refractivity contribution in [1.29, 1.82) is 0 Å². The highest BCUT2D eigenvalue weighted by Gasteiger charge is 2.10. The second kappa shape index (κ2) is 5.65. The molecule has 0 aromatic heterocycles. The number of likely N-dealkylation sites (N-methyl/N-ethyl adjacent to an activating group) is 3. The highest BCUT2D eigenvalue weighted by atomic mass is 15.0. The quantitative estimate of drug-likeness (QED) is 0.483. The topological polar surface area (TPSA) is 36.1 Å². The number of hydrogen-bond acceptors (Lipinski definition) is 3. The maximum atomic E-state index is 3.23. The van der Waals surface area contributed by atoms with E-state index in [2.05, 4.69) is 22.9 Å². The van der Waals surface area contributed by atoms with Crippen LogP contribution < -0.4 is 16.0 Å². The van der Waals surface area contributed by atoms with Crippen LogP contribution in [0.5, 0.6) is 0 Å². The van der Waals surface area contributed by atoms with E-state index in [1.54, 1.807) is 0 Å². The Kier molecular flexibility index (Phi) is 5.58.